The van der Waals surface area contributed by atoms with Crippen molar-refractivity contribution in [3.63, 3.8) is 0 Å². The maximum absolute atomic E-state index is 11.9. The number of hydrogen-bond donors (Lipinski definition) is 1. The summed E-state index contributed by atoms with van der Waals surface area (Å²) in [5.41, 5.74) is 0.453. The summed E-state index contributed by atoms with van der Waals surface area (Å²) >= 11 is 0. The minimum absolute atomic E-state index is 0.0103. The van der Waals surface area contributed by atoms with E-state index in [-0.39, 0.29) is 5.69 Å². The lowest BCUT2D eigenvalue weighted by Crippen LogP contribution is -1.85. The van der Waals surface area contributed by atoms with E-state index in [4.69, 9.17) is 0 Å². The normalized spacial score (nSPS) is 12.2. The Kier molecular flexibility index (Phi) is 3.69. The molecule has 0 fully saturated rings. The number of nitro groups is 1. The van der Waals surface area contributed by atoms with Gasteiger partial charge in [-0.25, -0.2) is 4.21 Å². The van der Waals surface area contributed by atoms with Crippen LogP contribution in [0.2, 0.25) is 0 Å². The van der Waals surface area contributed by atoms with Gasteiger partial charge < -0.3 is 0 Å². The predicted molar refractivity (Wildman–Crippen MR) is 69.4 cm³/mol. The highest BCUT2D eigenvalue weighted by atomic mass is 32.2. The van der Waals surface area contributed by atoms with E-state index in [1.54, 1.807) is 24.3 Å². The fourth-order valence-electron chi connectivity index (χ4n) is 1.36. The molecule has 92 valence electrons. The average Bonchev–Trinajstić information content (AvgIpc) is 2.40. The highest BCUT2D eigenvalue weighted by Crippen LogP contribution is 2.19. The second-order valence-corrected chi connectivity index (χ2v) is 4.74. The third-order valence-electron chi connectivity index (χ3n) is 2.24. The molecule has 0 aliphatic rings. The molecule has 0 N–H and O–H groups in total. The molecular formula is C12H10N2O3S. The molecule has 0 spiro atoms. The molecule has 5 nitrogen and oxygen atoms in total. The Hall–Kier alpha value is -2.21. The van der Waals surface area contributed by atoms with Gasteiger partial charge in [0.1, 0.15) is 0 Å². The molecule has 2 aromatic carbocycles. The molecular weight excluding hydrogens is 252 g/mol. The topological polar surface area (TPSA) is 72.6 Å². The van der Waals surface area contributed by atoms with E-state index in [9.17, 15) is 14.3 Å². The van der Waals surface area contributed by atoms with Gasteiger partial charge in [-0.1, -0.05) is 18.2 Å². The number of benzene rings is 2. The van der Waals surface area contributed by atoms with E-state index in [1.165, 1.54) is 24.3 Å². The fraction of sp³-hybridized carbons (Fsp3) is 0. The number of nitro benzene ring substituents is 1. The largest absolute Gasteiger partial charge is 0.269 e. The Morgan fingerprint density at radius 3 is 2.17 bits per heavy atom. The first-order chi connectivity index (χ1) is 8.66. The first-order valence-electron chi connectivity index (χ1n) is 5.15. The fourth-order valence-corrected chi connectivity index (χ4v) is 2.24. The van der Waals surface area contributed by atoms with E-state index in [2.05, 4.69) is 4.36 Å². The average molecular weight is 262 g/mol. The molecule has 0 bridgehead atoms. The van der Waals surface area contributed by atoms with E-state index in [0.717, 1.165) is 0 Å². The van der Waals surface area contributed by atoms with Gasteiger partial charge in [-0.2, -0.15) is 4.36 Å². The number of hydrogen-bond acceptors (Lipinski definition) is 4. The SMILES string of the molecule is O=[N+]([O-])c1ccc(/N=[SH](=O)/c2ccccc2)cc1. The molecule has 1 unspecified atom stereocenters. The van der Waals surface area contributed by atoms with Crippen LogP contribution in [0.5, 0.6) is 0 Å². The van der Waals surface area contributed by atoms with Crippen LogP contribution in [0.15, 0.2) is 63.9 Å². The second-order valence-electron chi connectivity index (χ2n) is 3.48. The Morgan fingerprint density at radius 2 is 1.61 bits per heavy atom. The Balaban J connectivity index is 2.28. The van der Waals surface area contributed by atoms with Gasteiger partial charge in [0.25, 0.3) is 5.69 Å². The molecule has 6 heteroatoms. The van der Waals surface area contributed by atoms with Gasteiger partial charge in [-0.3, -0.25) is 10.1 Å². The van der Waals surface area contributed by atoms with Crippen LogP contribution < -0.4 is 0 Å². The highest BCUT2D eigenvalue weighted by molar-refractivity contribution is 7.75. The van der Waals surface area contributed by atoms with E-state index in [1.807, 2.05) is 6.07 Å². The van der Waals surface area contributed by atoms with Crippen molar-refractivity contribution in [2.75, 3.05) is 0 Å². The number of nitrogens with zero attached hydrogens (tertiary/aromatic N) is 2. The van der Waals surface area contributed by atoms with E-state index < -0.39 is 15.5 Å². The summed E-state index contributed by atoms with van der Waals surface area (Å²) in [6.07, 6.45) is 0. The lowest BCUT2D eigenvalue weighted by atomic mass is 10.3. The van der Waals surface area contributed by atoms with Crippen LogP contribution in [0.1, 0.15) is 0 Å². The first-order valence-corrected chi connectivity index (χ1v) is 6.36. The number of thiol groups is 1. The summed E-state index contributed by atoms with van der Waals surface area (Å²) in [5, 5.41) is 10.5. The summed E-state index contributed by atoms with van der Waals surface area (Å²) in [5.74, 6) is 0. The van der Waals surface area contributed by atoms with Crippen LogP contribution in [0, 0.1) is 10.1 Å². The standard InChI is InChI=1S/C12H10N2O3S/c15-14(16)11-8-6-10(7-9-11)13-18(17)12-4-2-1-3-5-12/h1-9,18H. The third kappa shape index (κ3) is 2.92. The van der Waals surface area contributed by atoms with E-state index >= 15 is 0 Å². The van der Waals surface area contributed by atoms with Gasteiger partial charge in [-0.15, -0.1) is 0 Å². The minimum Gasteiger partial charge on any atom is -0.258 e. The van der Waals surface area contributed by atoms with Gasteiger partial charge in [-0.05, 0) is 24.3 Å². The van der Waals surface area contributed by atoms with Crippen LogP contribution in [0.4, 0.5) is 11.4 Å². The molecule has 0 aliphatic carbocycles. The van der Waals surface area contributed by atoms with Gasteiger partial charge >= 0.3 is 0 Å². The number of non-ortho nitro benzene ring substituents is 1. The maximum atomic E-state index is 11.9. The van der Waals surface area contributed by atoms with Crippen molar-refractivity contribution < 1.29 is 9.13 Å². The van der Waals surface area contributed by atoms with Crippen molar-refractivity contribution >= 4 is 22.0 Å². The molecule has 0 radical (unpaired) electrons. The summed E-state index contributed by atoms with van der Waals surface area (Å²) in [6.45, 7) is 0. The van der Waals surface area contributed by atoms with Crippen molar-refractivity contribution in [1.82, 2.24) is 0 Å². The van der Waals surface area contributed by atoms with Gasteiger partial charge in [0.15, 0.2) is 0 Å². The van der Waals surface area contributed by atoms with Crippen LogP contribution in [-0.2, 0) is 10.6 Å². The third-order valence-corrected chi connectivity index (χ3v) is 3.40. The van der Waals surface area contributed by atoms with Crippen LogP contribution >= 0.6 is 0 Å². The Bertz CT molecular complexity index is 632. The molecule has 0 amide bonds. The molecule has 2 aromatic rings. The molecule has 0 saturated heterocycles. The number of rotatable bonds is 3. The monoisotopic (exact) mass is 262 g/mol. The van der Waals surface area contributed by atoms with Crippen molar-refractivity contribution in [2.45, 2.75) is 4.90 Å². The molecule has 18 heavy (non-hydrogen) atoms. The zero-order chi connectivity index (χ0) is 13.0. The zero-order valence-electron chi connectivity index (χ0n) is 9.26. The molecule has 0 aromatic heterocycles. The van der Waals surface area contributed by atoms with Crippen molar-refractivity contribution in [1.29, 1.82) is 0 Å². The van der Waals surface area contributed by atoms with Crippen LogP contribution in [0.3, 0.4) is 0 Å². The van der Waals surface area contributed by atoms with Crippen molar-refractivity contribution in [2.24, 2.45) is 4.36 Å². The Morgan fingerprint density at radius 1 is 1.00 bits per heavy atom. The highest BCUT2D eigenvalue weighted by Gasteiger charge is 2.03. The van der Waals surface area contributed by atoms with Gasteiger partial charge in [0, 0.05) is 17.0 Å². The lowest BCUT2D eigenvalue weighted by Gasteiger charge is -1.95. The lowest BCUT2D eigenvalue weighted by molar-refractivity contribution is -0.384. The summed E-state index contributed by atoms with van der Waals surface area (Å²) in [6, 6.07) is 14.5. The molecule has 0 saturated carbocycles. The van der Waals surface area contributed by atoms with E-state index in [0.29, 0.717) is 10.6 Å². The Labute approximate surface area is 105 Å². The summed E-state index contributed by atoms with van der Waals surface area (Å²) < 4.78 is 15.9. The second kappa shape index (κ2) is 5.42. The predicted octanol–water partition coefficient (Wildman–Crippen LogP) is 2.95. The molecule has 2 rings (SSSR count). The summed E-state index contributed by atoms with van der Waals surface area (Å²) in [4.78, 5) is 10.6. The quantitative estimate of drug-likeness (QED) is 0.525. The molecule has 1 atom stereocenters. The van der Waals surface area contributed by atoms with Gasteiger partial charge in [0.05, 0.1) is 21.2 Å². The molecule has 0 aliphatic heterocycles. The summed E-state index contributed by atoms with van der Waals surface area (Å²) in [7, 11) is -1.87. The minimum atomic E-state index is -1.87. The first kappa shape index (κ1) is 12.3. The van der Waals surface area contributed by atoms with Crippen molar-refractivity contribution in [3.05, 3.63) is 64.7 Å². The maximum Gasteiger partial charge on any atom is 0.269 e. The van der Waals surface area contributed by atoms with Crippen LogP contribution in [-0.4, -0.2) is 9.13 Å². The van der Waals surface area contributed by atoms with Gasteiger partial charge in [0.2, 0.25) is 0 Å². The smallest absolute Gasteiger partial charge is 0.258 e. The van der Waals surface area contributed by atoms with Crippen molar-refractivity contribution in [3.8, 4) is 0 Å². The molecule has 0 heterocycles. The van der Waals surface area contributed by atoms with Crippen LogP contribution in [0.25, 0.3) is 0 Å². The zero-order valence-corrected chi connectivity index (χ0v) is 10.2.